The minimum absolute atomic E-state index is 0.0187. The molecule has 14 heteroatoms. The number of nitrogens with two attached hydrogens (primary N) is 1. The number of primary amides is 1. The van der Waals surface area contributed by atoms with E-state index in [9.17, 15) is 37.3 Å². The van der Waals surface area contributed by atoms with E-state index >= 15 is 0 Å². The minimum atomic E-state index is -4.85. The first kappa shape index (κ1) is 25.3. The molecule has 1 aromatic carbocycles. The summed E-state index contributed by atoms with van der Waals surface area (Å²) in [6.07, 6.45) is 3.12. The van der Waals surface area contributed by atoms with Crippen LogP contribution in [0.5, 0.6) is 0 Å². The number of carbonyl (C=O) groups excluding carboxylic acids is 3. The van der Waals surface area contributed by atoms with E-state index in [0.29, 0.717) is 5.57 Å². The second kappa shape index (κ2) is 9.72. The van der Waals surface area contributed by atoms with Gasteiger partial charge in [0.25, 0.3) is 16.0 Å². The van der Waals surface area contributed by atoms with E-state index in [1.54, 1.807) is 23.0 Å². The zero-order chi connectivity index (χ0) is 26.2. The lowest BCUT2D eigenvalue weighted by Gasteiger charge is -2.49. The molecule has 4 rings (SSSR count). The second-order valence-electron chi connectivity index (χ2n) is 8.08. The van der Waals surface area contributed by atoms with Crippen LogP contribution in [-0.4, -0.2) is 63.8 Å². The number of nitrogens with one attached hydrogen (secondary N) is 1. The zero-order valence-electron chi connectivity index (χ0n) is 18.5. The van der Waals surface area contributed by atoms with Crippen molar-refractivity contribution in [3.05, 3.63) is 77.3 Å². The standard InChI is InChI=1S/C22H20N4O8S2/c23-18(27)13-6-8-25(9-7-13)10-14-11-35-21-15(20(29)26(21)16(14)22(30)31)24-19(28)17(36(32,33)34)12-4-2-1-3-5-12/h1-9,15,17,21H,10-11H2,(H4-,23,24,27,28,30,31,32,33,34)/p+1/t15-,17+,21-/m1/s1. The van der Waals surface area contributed by atoms with Crippen molar-refractivity contribution < 1.29 is 41.8 Å². The van der Waals surface area contributed by atoms with E-state index in [4.69, 9.17) is 5.73 Å². The Bertz CT molecular complexity index is 1380. The highest BCUT2D eigenvalue weighted by molar-refractivity contribution is 8.00. The van der Waals surface area contributed by atoms with Gasteiger partial charge in [0.1, 0.15) is 17.1 Å². The Morgan fingerprint density at radius 3 is 2.36 bits per heavy atom. The van der Waals surface area contributed by atoms with Crippen molar-refractivity contribution >= 4 is 45.6 Å². The SMILES string of the molecule is NC(=O)c1cc[n+](CC2=C(C(=O)O)N3C(=O)[C@@H](NC(=O)[C@H](c4ccccc4)S(=O)(=O)O)[C@H]3SC2)cc1. The number of aromatic nitrogens is 1. The number of hydrogen-bond donors (Lipinski definition) is 4. The fraction of sp³-hybridized carbons (Fsp3) is 0.227. The molecule has 0 spiro atoms. The van der Waals surface area contributed by atoms with Gasteiger partial charge in [0, 0.05) is 23.5 Å². The lowest BCUT2D eigenvalue weighted by Crippen LogP contribution is -2.71. The number of β-lactam (4-membered cyclic amide) rings is 1. The highest BCUT2D eigenvalue weighted by atomic mass is 32.2. The summed E-state index contributed by atoms with van der Waals surface area (Å²) in [6.45, 7) is 0.125. The lowest BCUT2D eigenvalue weighted by molar-refractivity contribution is -0.689. The summed E-state index contributed by atoms with van der Waals surface area (Å²) >= 11 is 1.21. The van der Waals surface area contributed by atoms with Crippen LogP contribution in [0.2, 0.25) is 0 Å². The molecule has 0 aliphatic carbocycles. The van der Waals surface area contributed by atoms with Crippen molar-refractivity contribution in [1.82, 2.24) is 10.2 Å². The molecular weight excluding hydrogens is 512 g/mol. The van der Waals surface area contributed by atoms with Crippen LogP contribution in [0.3, 0.4) is 0 Å². The number of benzene rings is 1. The molecule has 0 unspecified atom stereocenters. The summed E-state index contributed by atoms with van der Waals surface area (Å²) in [6, 6.07) is 9.12. The van der Waals surface area contributed by atoms with Crippen LogP contribution in [0.4, 0.5) is 0 Å². The predicted octanol–water partition coefficient (Wildman–Crippen LogP) is -0.559. The Morgan fingerprint density at radius 2 is 1.81 bits per heavy atom. The van der Waals surface area contributed by atoms with Gasteiger partial charge >= 0.3 is 5.97 Å². The zero-order valence-corrected chi connectivity index (χ0v) is 20.1. The summed E-state index contributed by atoms with van der Waals surface area (Å²) in [7, 11) is -4.85. The van der Waals surface area contributed by atoms with Crippen molar-refractivity contribution in [3.63, 3.8) is 0 Å². The van der Waals surface area contributed by atoms with E-state index in [0.717, 1.165) is 4.90 Å². The molecule has 12 nitrogen and oxygen atoms in total. The first-order valence-electron chi connectivity index (χ1n) is 10.5. The van der Waals surface area contributed by atoms with Crippen molar-refractivity contribution in [2.75, 3.05) is 5.75 Å². The number of fused-ring (bicyclic) bond motifs is 1. The van der Waals surface area contributed by atoms with E-state index in [-0.39, 0.29) is 29.1 Å². The van der Waals surface area contributed by atoms with Crippen LogP contribution in [0.15, 0.2) is 66.1 Å². The average molecular weight is 534 g/mol. The number of aliphatic carboxylic acids is 1. The maximum Gasteiger partial charge on any atom is 0.352 e. The smallest absolute Gasteiger partial charge is 0.352 e. The summed E-state index contributed by atoms with van der Waals surface area (Å²) < 4.78 is 35.1. The maximum atomic E-state index is 12.9. The molecule has 3 atom stereocenters. The molecule has 3 amide bonds. The molecule has 1 saturated heterocycles. The Labute approximate surface area is 209 Å². The number of amides is 3. The third kappa shape index (κ3) is 4.82. The van der Waals surface area contributed by atoms with Gasteiger partial charge in [-0.15, -0.1) is 11.8 Å². The molecule has 3 heterocycles. The van der Waals surface area contributed by atoms with Gasteiger partial charge in [-0.1, -0.05) is 30.3 Å². The van der Waals surface area contributed by atoms with Crippen molar-refractivity contribution in [3.8, 4) is 0 Å². The topological polar surface area (TPSA) is 188 Å². The molecule has 0 bridgehead atoms. The Morgan fingerprint density at radius 1 is 1.17 bits per heavy atom. The third-order valence-electron chi connectivity index (χ3n) is 5.73. The number of nitrogens with zero attached hydrogens (tertiary/aromatic N) is 2. The highest BCUT2D eigenvalue weighted by Crippen LogP contribution is 2.40. The number of rotatable bonds is 8. The third-order valence-corrected chi connectivity index (χ3v) is 8.16. The fourth-order valence-corrected chi connectivity index (χ4v) is 6.24. The molecule has 2 aliphatic rings. The first-order chi connectivity index (χ1) is 17.0. The number of thioether (sulfide) groups is 1. The molecule has 36 heavy (non-hydrogen) atoms. The summed E-state index contributed by atoms with van der Waals surface area (Å²) in [5.41, 5.74) is 5.73. The maximum absolute atomic E-state index is 12.9. The average Bonchev–Trinajstić information content (AvgIpc) is 2.82. The number of carboxylic acid groups (broad SMARTS) is 1. The van der Waals surface area contributed by atoms with Crippen LogP contribution in [0.1, 0.15) is 21.2 Å². The number of carboxylic acids is 1. The van der Waals surface area contributed by atoms with Crippen molar-refractivity contribution in [1.29, 1.82) is 0 Å². The molecular formula is C22H21N4O8S2+. The van der Waals surface area contributed by atoms with Gasteiger partial charge in [-0.3, -0.25) is 23.8 Å². The second-order valence-corrected chi connectivity index (χ2v) is 10.7. The molecule has 5 N–H and O–H groups in total. The molecule has 188 valence electrons. The van der Waals surface area contributed by atoms with Gasteiger partial charge in [-0.05, 0) is 5.56 Å². The quantitative estimate of drug-likeness (QED) is 0.196. The van der Waals surface area contributed by atoms with E-state index in [2.05, 4.69) is 5.32 Å². The van der Waals surface area contributed by atoms with Gasteiger partial charge in [0.05, 0.1) is 5.56 Å². The van der Waals surface area contributed by atoms with Crippen LogP contribution in [0.25, 0.3) is 0 Å². The van der Waals surface area contributed by atoms with Gasteiger partial charge in [0.15, 0.2) is 24.2 Å². The molecule has 2 aromatic rings. The highest BCUT2D eigenvalue weighted by Gasteiger charge is 2.55. The molecule has 1 aromatic heterocycles. The number of pyridine rings is 1. The fourth-order valence-electron chi connectivity index (χ4n) is 4.07. The molecule has 0 radical (unpaired) electrons. The molecule has 2 aliphatic heterocycles. The lowest BCUT2D eigenvalue weighted by atomic mass is 10.0. The number of hydrogen-bond acceptors (Lipinski definition) is 7. The molecule has 0 saturated carbocycles. The Kier molecular flexibility index (Phi) is 6.84. The van der Waals surface area contributed by atoms with Gasteiger partial charge in [-0.25, -0.2) is 9.36 Å². The van der Waals surface area contributed by atoms with Crippen LogP contribution in [0, 0.1) is 0 Å². The summed E-state index contributed by atoms with van der Waals surface area (Å²) in [5, 5.41) is 9.47. The Hall–Kier alpha value is -3.75. The Balaban J connectivity index is 1.54. The van der Waals surface area contributed by atoms with Gasteiger partial charge in [-0.2, -0.15) is 8.42 Å². The normalized spacial score (nSPS) is 20.2. The minimum Gasteiger partial charge on any atom is -0.477 e. The summed E-state index contributed by atoms with van der Waals surface area (Å²) in [5.74, 6) is -3.53. The monoisotopic (exact) mass is 533 g/mol. The molecule has 1 fully saturated rings. The first-order valence-corrected chi connectivity index (χ1v) is 13.0. The van der Waals surface area contributed by atoms with Gasteiger partial charge in [0.2, 0.25) is 11.8 Å². The van der Waals surface area contributed by atoms with Crippen LogP contribution in [-0.2, 0) is 31.0 Å². The van der Waals surface area contributed by atoms with Gasteiger partial charge < -0.3 is 16.2 Å². The summed E-state index contributed by atoms with van der Waals surface area (Å²) in [4.78, 5) is 50.1. The van der Waals surface area contributed by atoms with Crippen LogP contribution < -0.4 is 15.6 Å². The van der Waals surface area contributed by atoms with E-state index in [1.165, 1.54) is 48.2 Å². The van der Waals surface area contributed by atoms with Crippen molar-refractivity contribution in [2.45, 2.75) is 23.2 Å². The van der Waals surface area contributed by atoms with Crippen molar-refractivity contribution in [2.24, 2.45) is 5.73 Å². The number of carbonyl (C=O) groups is 4. The van der Waals surface area contributed by atoms with Crippen LogP contribution >= 0.6 is 11.8 Å². The van der Waals surface area contributed by atoms with E-state index in [1.807, 2.05) is 0 Å². The predicted molar refractivity (Wildman–Crippen MR) is 126 cm³/mol. The largest absolute Gasteiger partial charge is 0.477 e. The van der Waals surface area contributed by atoms with E-state index < -0.39 is 50.5 Å².